The van der Waals surface area contributed by atoms with Crippen LogP contribution >= 0.6 is 15.9 Å². The fourth-order valence-corrected chi connectivity index (χ4v) is 3.24. The van der Waals surface area contributed by atoms with E-state index in [2.05, 4.69) is 20.9 Å². The van der Waals surface area contributed by atoms with Gasteiger partial charge in [-0.05, 0) is 23.4 Å². The fraction of sp³-hybridized carbons (Fsp3) is 0.588. The van der Waals surface area contributed by atoms with Gasteiger partial charge in [0.1, 0.15) is 24.5 Å². The van der Waals surface area contributed by atoms with Crippen LogP contribution in [0.2, 0.25) is 0 Å². The number of ketones is 1. The van der Waals surface area contributed by atoms with Gasteiger partial charge in [0, 0.05) is 12.6 Å². The zero-order valence-electron chi connectivity index (χ0n) is 14.9. The van der Waals surface area contributed by atoms with Crippen LogP contribution in [-0.2, 0) is 9.53 Å². The molecular formula is C17H23BrN2O7. The van der Waals surface area contributed by atoms with Crippen LogP contribution in [0.15, 0.2) is 20.8 Å². The van der Waals surface area contributed by atoms with E-state index in [-0.39, 0.29) is 24.3 Å². The van der Waals surface area contributed by atoms with E-state index < -0.39 is 47.7 Å². The minimum atomic E-state index is -1.74. The summed E-state index contributed by atoms with van der Waals surface area (Å²) in [5.74, 6) is -0.802. The van der Waals surface area contributed by atoms with Crippen molar-refractivity contribution in [2.24, 2.45) is 5.92 Å². The minimum Gasteiger partial charge on any atom is -0.390 e. The minimum absolute atomic E-state index is 0.0407. The molecule has 2 heterocycles. The number of aromatic amines is 1. The van der Waals surface area contributed by atoms with Crippen LogP contribution in [0.25, 0.3) is 6.08 Å². The van der Waals surface area contributed by atoms with Crippen molar-refractivity contribution in [1.82, 2.24) is 9.55 Å². The van der Waals surface area contributed by atoms with Crippen molar-refractivity contribution in [3.8, 4) is 0 Å². The zero-order valence-corrected chi connectivity index (χ0v) is 16.5. The molecule has 0 aliphatic carbocycles. The van der Waals surface area contributed by atoms with Crippen LogP contribution < -0.4 is 11.2 Å². The molecule has 2 rings (SSSR count). The van der Waals surface area contributed by atoms with Crippen LogP contribution in [0.3, 0.4) is 0 Å². The first-order valence-corrected chi connectivity index (χ1v) is 9.42. The van der Waals surface area contributed by atoms with E-state index in [9.17, 15) is 29.7 Å². The van der Waals surface area contributed by atoms with Crippen molar-refractivity contribution in [2.45, 2.75) is 57.3 Å². The second-order valence-corrected chi connectivity index (χ2v) is 7.42. The summed E-state index contributed by atoms with van der Waals surface area (Å²) in [4.78, 5) is 39.6. The molecule has 1 fully saturated rings. The zero-order chi connectivity index (χ0) is 20.3. The molecule has 150 valence electrons. The highest BCUT2D eigenvalue weighted by atomic mass is 79.9. The number of nitrogens with zero attached hydrogens (tertiary/aromatic N) is 1. The van der Waals surface area contributed by atoms with E-state index in [1.165, 1.54) is 17.3 Å². The van der Waals surface area contributed by atoms with Gasteiger partial charge in [-0.15, -0.1) is 0 Å². The largest absolute Gasteiger partial charge is 0.390 e. The normalized spacial score (nSPS) is 25.2. The summed E-state index contributed by atoms with van der Waals surface area (Å²) in [7, 11) is 0. The fourth-order valence-electron chi connectivity index (χ4n) is 2.96. The number of H-pyrrole nitrogens is 1. The first kappa shape index (κ1) is 21.7. The first-order chi connectivity index (χ1) is 12.6. The molecule has 1 aliphatic heterocycles. The summed E-state index contributed by atoms with van der Waals surface area (Å²) >= 11 is 3.05. The molecule has 9 nitrogen and oxygen atoms in total. The van der Waals surface area contributed by atoms with E-state index >= 15 is 0 Å². The highest BCUT2D eigenvalue weighted by molar-refractivity contribution is 9.11. The molecule has 0 saturated carbocycles. The van der Waals surface area contributed by atoms with Gasteiger partial charge < -0.3 is 20.1 Å². The van der Waals surface area contributed by atoms with Crippen LogP contribution in [0.5, 0.6) is 0 Å². The number of aromatic nitrogens is 2. The number of hydrogen-bond acceptors (Lipinski definition) is 7. The summed E-state index contributed by atoms with van der Waals surface area (Å²) in [5, 5.41) is 30.3. The third-order valence-electron chi connectivity index (χ3n) is 4.31. The lowest BCUT2D eigenvalue weighted by Gasteiger charge is -2.23. The van der Waals surface area contributed by atoms with Gasteiger partial charge in [0.2, 0.25) is 0 Å². The molecule has 0 bridgehead atoms. The third kappa shape index (κ3) is 5.02. The average Bonchev–Trinajstić information content (AvgIpc) is 2.96. The number of aliphatic hydroxyl groups excluding tert-OH is 3. The summed E-state index contributed by atoms with van der Waals surface area (Å²) < 4.78 is 6.60. The molecule has 1 saturated heterocycles. The molecule has 0 spiro atoms. The van der Waals surface area contributed by atoms with Crippen molar-refractivity contribution < 1.29 is 24.9 Å². The lowest BCUT2D eigenvalue weighted by Crippen LogP contribution is -2.45. The molecule has 27 heavy (non-hydrogen) atoms. The predicted octanol–water partition coefficient (Wildman–Crippen LogP) is -0.112. The first-order valence-electron chi connectivity index (χ1n) is 8.51. The molecule has 4 N–H and O–H groups in total. The number of ether oxygens (including phenoxy) is 1. The van der Waals surface area contributed by atoms with Crippen molar-refractivity contribution >= 4 is 27.8 Å². The van der Waals surface area contributed by atoms with E-state index in [0.29, 0.717) is 0 Å². The summed E-state index contributed by atoms with van der Waals surface area (Å²) in [6, 6.07) is 0. The molecule has 1 aliphatic rings. The van der Waals surface area contributed by atoms with E-state index in [1.54, 1.807) is 0 Å². The van der Waals surface area contributed by atoms with Crippen LogP contribution in [-0.4, -0.2) is 55.1 Å². The number of hydrogen-bond donors (Lipinski definition) is 4. The number of carbonyl (C=O) groups is 1. The maximum absolute atomic E-state index is 12.2. The van der Waals surface area contributed by atoms with Crippen LogP contribution in [0.1, 0.15) is 38.5 Å². The molecular weight excluding hydrogens is 424 g/mol. The number of halogens is 1. The monoisotopic (exact) mass is 446 g/mol. The molecule has 1 aromatic rings. The van der Waals surface area contributed by atoms with E-state index in [0.717, 1.165) is 4.57 Å². The smallest absolute Gasteiger partial charge is 0.330 e. The maximum atomic E-state index is 12.2. The quantitative estimate of drug-likeness (QED) is 0.457. The standard InChI is InChI=1S/C17H23BrN2O7/c1-8(2)5-10(21)13(23)14(24)15-11(22)6-12(27-15)20-7-9(3-4-18)16(25)19-17(20)26/h3-4,7-8,10-12,14-15,21-22,24H,5-6H2,1-2H3,(H,19,25,26)/b4-3+/t10-,11-,12+,14?,15-/m0/s1. The molecule has 0 amide bonds. The van der Waals surface area contributed by atoms with Crippen molar-refractivity contribution in [3.05, 3.63) is 37.6 Å². The van der Waals surface area contributed by atoms with Gasteiger partial charge in [0.25, 0.3) is 5.56 Å². The molecule has 10 heteroatoms. The van der Waals surface area contributed by atoms with Crippen molar-refractivity contribution in [3.63, 3.8) is 0 Å². The van der Waals surface area contributed by atoms with Crippen molar-refractivity contribution in [1.29, 1.82) is 0 Å². The Kier molecular flexibility index (Phi) is 7.29. The SMILES string of the molecule is CC(C)C[C@H](O)C(=O)C(O)[C@H]1O[C@@H](n2cc(/C=C/Br)c(=O)[nH]c2=O)C[C@@H]1O. The van der Waals surface area contributed by atoms with Crippen molar-refractivity contribution in [2.75, 3.05) is 0 Å². The van der Waals surface area contributed by atoms with Gasteiger partial charge in [-0.2, -0.15) is 0 Å². The number of aliphatic hydroxyl groups is 3. The number of nitrogens with one attached hydrogen (secondary N) is 1. The molecule has 0 radical (unpaired) electrons. The Bertz CT molecular complexity index is 816. The Morgan fingerprint density at radius 3 is 2.70 bits per heavy atom. The van der Waals surface area contributed by atoms with Gasteiger partial charge in [0.05, 0.1) is 11.7 Å². The number of carbonyl (C=O) groups excluding carboxylic acids is 1. The Morgan fingerprint density at radius 2 is 2.11 bits per heavy atom. The average molecular weight is 447 g/mol. The second kappa shape index (κ2) is 9.07. The highest BCUT2D eigenvalue weighted by Gasteiger charge is 2.43. The van der Waals surface area contributed by atoms with E-state index in [1.807, 2.05) is 13.8 Å². The Hall–Kier alpha value is -1.59. The lowest BCUT2D eigenvalue weighted by atomic mass is 9.96. The highest BCUT2D eigenvalue weighted by Crippen LogP contribution is 2.30. The van der Waals surface area contributed by atoms with Crippen LogP contribution in [0.4, 0.5) is 0 Å². The Morgan fingerprint density at radius 1 is 1.44 bits per heavy atom. The second-order valence-electron chi connectivity index (χ2n) is 6.89. The third-order valence-corrected chi connectivity index (χ3v) is 4.57. The topological polar surface area (TPSA) is 142 Å². The maximum Gasteiger partial charge on any atom is 0.330 e. The molecule has 5 atom stereocenters. The van der Waals surface area contributed by atoms with Gasteiger partial charge in [-0.25, -0.2) is 4.79 Å². The van der Waals surface area contributed by atoms with Gasteiger partial charge in [0.15, 0.2) is 5.78 Å². The summed E-state index contributed by atoms with van der Waals surface area (Å²) in [6.45, 7) is 3.64. The molecule has 1 aromatic heterocycles. The van der Waals surface area contributed by atoms with Gasteiger partial charge in [-0.3, -0.25) is 19.1 Å². The molecule has 0 aromatic carbocycles. The Balaban J connectivity index is 2.21. The van der Waals surface area contributed by atoms with Gasteiger partial charge >= 0.3 is 5.69 Å². The summed E-state index contributed by atoms with van der Waals surface area (Å²) in [5.41, 5.74) is -1.16. The predicted molar refractivity (Wildman–Crippen MR) is 100 cm³/mol. The number of rotatable bonds is 7. The number of Topliss-reactive ketones (excluding diaryl/α,β-unsaturated/α-hetero) is 1. The summed E-state index contributed by atoms with van der Waals surface area (Å²) in [6.07, 6.45) is -3.82. The van der Waals surface area contributed by atoms with Crippen LogP contribution in [0, 0.1) is 5.92 Å². The lowest BCUT2D eigenvalue weighted by molar-refractivity contribution is -0.150. The van der Waals surface area contributed by atoms with Gasteiger partial charge in [-0.1, -0.05) is 29.8 Å². The molecule has 1 unspecified atom stereocenters. The Labute approximate surface area is 163 Å². The van der Waals surface area contributed by atoms with E-state index in [4.69, 9.17) is 4.74 Å².